The second-order valence-corrected chi connectivity index (χ2v) is 3.71. The Morgan fingerprint density at radius 3 is 2.75 bits per heavy atom. The number of hydrogen-bond donors (Lipinski definition) is 1. The number of nitrogens with two attached hydrogens (primary N) is 1. The highest BCUT2D eigenvalue weighted by atomic mass is 19.1. The van der Waals surface area contributed by atoms with Crippen molar-refractivity contribution in [1.29, 1.82) is 0 Å². The highest BCUT2D eigenvalue weighted by Crippen LogP contribution is 2.25. The molecule has 0 aromatic heterocycles. The average molecular weight is 220 g/mol. The van der Waals surface area contributed by atoms with E-state index in [4.69, 9.17) is 12.2 Å². The number of nitrogens with zero attached hydrogens (tertiary/aromatic N) is 1. The van der Waals surface area contributed by atoms with Crippen molar-refractivity contribution < 1.29 is 4.39 Å². The fourth-order valence-electron chi connectivity index (χ4n) is 1.66. The second kappa shape index (κ2) is 5.53. The minimum atomic E-state index is -0.271. The molecule has 0 saturated carbocycles. The van der Waals surface area contributed by atoms with E-state index in [1.807, 2.05) is 18.7 Å². The van der Waals surface area contributed by atoms with Crippen LogP contribution in [0.2, 0.25) is 0 Å². The van der Waals surface area contributed by atoms with Crippen LogP contribution in [0, 0.1) is 18.2 Å². The Balaban J connectivity index is 3.16. The van der Waals surface area contributed by atoms with Gasteiger partial charge in [0.05, 0.1) is 6.54 Å². The van der Waals surface area contributed by atoms with Crippen molar-refractivity contribution >= 4 is 5.69 Å². The van der Waals surface area contributed by atoms with Gasteiger partial charge in [0.25, 0.3) is 0 Å². The average Bonchev–Trinajstić information content (AvgIpc) is 2.26. The quantitative estimate of drug-likeness (QED) is 0.789. The molecule has 2 nitrogen and oxygen atoms in total. The van der Waals surface area contributed by atoms with Gasteiger partial charge in [-0.25, -0.2) is 4.39 Å². The zero-order chi connectivity index (χ0) is 12.1. The summed E-state index contributed by atoms with van der Waals surface area (Å²) in [5.74, 6) is 2.32. The van der Waals surface area contributed by atoms with E-state index < -0.39 is 0 Å². The van der Waals surface area contributed by atoms with Crippen LogP contribution in [0.1, 0.15) is 25.5 Å². The minimum Gasteiger partial charge on any atom is -0.360 e. The number of hydrogen-bond acceptors (Lipinski definition) is 2. The topological polar surface area (TPSA) is 29.3 Å². The number of terminal acetylenes is 1. The summed E-state index contributed by atoms with van der Waals surface area (Å²) in [5.41, 5.74) is 7.53. The van der Waals surface area contributed by atoms with Crippen molar-refractivity contribution in [3.05, 3.63) is 29.6 Å². The van der Waals surface area contributed by atoms with Crippen LogP contribution < -0.4 is 10.6 Å². The first kappa shape index (κ1) is 12.5. The van der Waals surface area contributed by atoms with Crippen LogP contribution in [-0.4, -0.2) is 13.1 Å². The lowest BCUT2D eigenvalue weighted by Crippen LogP contribution is -2.25. The summed E-state index contributed by atoms with van der Waals surface area (Å²) in [4.78, 5) is 2.00. The number of anilines is 1. The fourth-order valence-corrected chi connectivity index (χ4v) is 1.66. The van der Waals surface area contributed by atoms with Gasteiger partial charge in [-0.2, -0.15) is 0 Å². The van der Waals surface area contributed by atoms with Crippen molar-refractivity contribution in [2.75, 3.05) is 18.0 Å². The Hall–Kier alpha value is -1.53. The van der Waals surface area contributed by atoms with Crippen molar-refractivity contribution in [3.63, 3.8) is 0 Å². The van der Waals surface area contributed by atoms with Crippen molar-refractivity contribution in [2.45, 2.75) is 19.9 Å². The van der Waals surface area contributed by atoms with Gasteiger partial charge in [0, 0.05) is 18.3 Å². The van der Waals surface area contributed by atoms with Crippen LogP contribution in [0.15, 0.2) is 18.2 Å². The van der Waals surface area contributed by atoms with E-state index in [9.17, 15) is 4.39 Å². The van der Waals surface area contributed by atoms with Gasteiger partial charge in [0.2, 0.25) is 0 Å². The predicted molar refractivity (Wildman–Crippen MR) is 65.7 cm³/mol. The van der Waals surface area contributed by atoms with Crippen LogP contribution in [0.3, 0.4) is 0 Å². The van der Waals surface area contributed by atoms with Crippen LogP contribution in [0.4, 0.5) is 10.1 Å². The summed E-state index contributed by atoms with van der Waals surface area (Å²) >= 11 is 0. The molecule has 1 aromatic rings. The van der Waals surface area contributed by atoms with Gasteiger partial charge in [0.15, 0.2) is 0 Å². The third-order valence-corrected chi connectivity index (χ3v) is 2.48. The van der Waals surface area contributed by atoms with E-state index in [1.54, 1.807) is 6.07 Å². The smallest absolute Gasteiger partial charge is 0.123 e. The van der Waals surface area contributed by atoms with Crippen molar-refractivity contribution in [2.24, 2.45) is 5.73 Å². The number of benzene rings is 1. The fraction of sp³-hybridized carbons (Fsp3) is 0.385. The monoisotopic (exact) mass is 220 g/mol. The molecule has 2 N–H and O–H groups in total. The third-order valence-electron chi connectivity index (χ3n) is 2.48. The molecule has 0 fully saturated rings. The van der Waals surface area contributed by atoms with Gasteiger partial charge >= 0.3 is 0 Å². The first-order valence-electron chi connectivity index (χ1n) is 5.33. The largest absolute Gasteiger partial charge is 0.360 e. The Morgan fingerprint density at radius 2 is 2.25 bits per heavy atom. The maximum Gasteiger partial charge on any atom is 0.123 e. The molecule has 0 aliphatic rings. The van der Waals surface area contributed by atoms with Crippen LogP contribution in [0.25, 0.3) is 0 Å². The van der Waals surface area contributed by atoms with E-state index in [0.29, 0.717) is 6.54 Å². The molecule has 1 atom stereocenters. The maximum atomic E-state index is 13.1. The van der Waals surface area contributed by atoms with Crippen LogP contribution >= 0.6 is 0 Å². The lowest BCUT2D eigenvalue weighted by Gasteiger charge is -2.25. The normalized spacial score (nSPS) is 11.9. The molecule has 0 radical (unpaired) electrons. The van der Waals surface area contributed by atoms with Crippen LogP contribution in [0.5, 0.6) is 0 Å². The summed E-state index contributed by atoms with van der Waals surface area (Å²) in [6.07, 6.45) is 5.30. The zero-order valence-electron chi connectivity index (χ0n) is 9.70. The SMILES string of the molecule is C#CCN(CC)c1ccc(F)cc1C(C)N. The highest BCUT2D eigenvalue weighted by molar-refractivity contribution is 5.55. The van der Waals surface area contributed by atoms with E-state index in [2.05, 4.69) is 5.92 Å². The molecule has 1 unspecified atom stereocenters. The minimum absolute atomic E-state index is 0.211. The molecule has 1 aromatic carbocycles. The lowest BCUT2D eigenvalue weighted by molar-refractivity contribution is 0.621. The first-order valence-corrected chi connectivity index (χ1v) is 5.33. The molecular weight excluding hydrogens is 203 g/mol. The molecule has 16 heavy (non-hydrogen) atoms. The van der Waals surface area contributed by atoms with Crippen molar-refractivity contribution in [3.8, 4) is 12.3 Å². The van der Waals surface area contributed by atoms with E-state index in [1.165, 1.54) is 12.1 Å². The summed E-state index contributed by atoms with van der Waals surface area (Å²) in [5, 5.41) is 0. The summed E-state index contributed by atoms with van der Waals surface area (Å²) in [7, 11) is 0. The molecule has 3 heteroatoms. The molecule has 0 saturated heterocycles. The molecule has 0 aliphatic carbocycles. The molecule has 0 aliphatic heterocycles. The summed E-state index contributed by atoms with van der Waals surface area (Å²) < 4.78 is 13.1. The summed E-state index contributed by atoms with van der Waals surface area (Å²) in [6, 6.07) is 4.42. The molecule has 0 bridgehead atoms. The van der Waals surface area contributed by atoms with E-state index >= 15 is 0 Å². The van der Waals surface area contributed by atoms with Crippen LogP contribution in [-0.2, 0) is 0 Å². The van der Waals surface area contributed by atoms with Gasteiger partial charge in [-0.15, -0.1) is 6.42 Å². The van der Waals surface area contributed by atoms with E-state index in [0.717, 1.165) is 17.8 Å². The van der Waals surface area contributed by atoms with Gasteiger partial charge in [-0.1, -0.05) is 5.92 Å². The van der Waals surface area contributed by atoms with Gasteiger partial charge in [-0.3, -0.25) is 0 Å². The number of halogens is 1. The van der Waals surface area contributed by atoms with Crippen molar-refractivity contribution in [1.82, 2.24) is 0 Å². The predicted octanol–water partition coefficient (Wildman–Crippen LogP) is 2.30. The maximum absolute atomic E-state index is 13.1. The zero-order valence-corrected chi connectivity index (χ0v) is 9.70. The summed E-state index contributed by atoms with van der Waals surface area (Å²) in [6.45, 7) is 5.12. The Kier molecular flexibility index (Phi) is 4.33. The molecule has 86 valence electrons. The molecule has 0 spiro atoms. The Labute approximate surface area is 96.3 Å². The number of rotatable bonds is 4. The molecule has 0 amide bonds. The van der Waals surface area contributed by atoms with Gasteiger partial charge in [-0.05, 0) is 37.6 Å². The Bertz CT molecular complexity index is 393. The van der Waals surface area contributed by atoms with Gasteiger partial charge < -0.3 is 10.6 Å². The molecule has 0 heterocycles. The lowest BCUT2D eigenvalue weighted by atomic mass is 10.1. The first-order chi connectivity index (χ1) is 7.60. The standard InChI is InChI=1S/C13H17FN2/c1-4-8-16(5-2)13-7-6-11(14)9-12(13)10(3)15/h1,6-7,9-10H,5,8,15H2,2-3H3. The van der Waals surface area contributed by atoms with E-state index in [-0.39, 0.29) is 11.9 Å². The Morgan fingerprint density at radius 1 is 1.56 bits per heavy atom. The third kappa shape index (κ3) is 2.74. The molecule has 1 rings (SSSR count). The molecular formula is C13H17FN2. The highest BCUT2D eigenvalue weighted by Gasteiger charge is 2.12. The second-order valence-electron chi connectivity index (χ2n) is 3.71. The van der Waals surface area contributed by atoms with Gasteiger partial charge in [0.1, 0.15) is 5.82 Å².